The lowest BCUT2D eigenvalue weighted by molar-refractivity contribution is 0.0521. The molecule has 1 amide bonds. The average Bonchev–Trinajstić information content (AvgIpc) is 2.89. The maximum atomic E-state index is 11.7. The van der Waals surface area contributed by atoms with E-state index in [0.717, 1.165) is 31.5 Å². The molecule has 1 heterocycles. The largest absolute Gasteiger partial charge is 0.444 e. The fourth-order valence-corrected chi connectivity index (χ4v) is 2.38. The van der Waals surface area contributed by atoms with Crippen molar-refractivity contribution in [1.29, 1.82) is 0 Å². The zero-order chi connectivity index (χ0) is 15.7. The van der Waals surface area contributed by atoms with Crippen molar-refractivity contribution in [3.05, 3.63) is 16.6 Å². The van der Waals surface area contributed by atoms with Gasteiger partial charge in [0.05, 0.1) is 11.2 Å². The second-order valence-electron chi connectivity index (χ2n) is 6.08. The molecule has 6 heteroatoms. The van der Waals surface area contributed by atoms with Crippen LogP contribution in [-0.4, -0.2) is 29.3 Å². The molecule has 2 N–H and O–H groups in total. The highest BCUT2D eigenvalue weighted by Crippen LogP contribution is 2.07. The van der Waals surface area contributed by atoms with E-state index >= 15 is 0 Å². The van der Waals surface area contributed by atoms with Crippen LogP contribution in [0.3, 0.4) is 0 Å². The van der Waals surface area contributed by atoms with Gasteiger partial charge in [0.25, 0.3) is 0 Å². The molecule has 1 aromatic heterocycles. The molecule has 1 unspecified atom stereocenters. The molecule has 0 aliphatic rings. The Bertz CT molecular complexity index is 402. The first kappa shape index (κ1) is 17.9. The van der Waals surface area contributed by atoms with Crippen molar-refractivity contribution in [3.8, 4) is 0 Å². The number of rotatable bonds is 8. The fourth-order valence-electron chi connectivity index (χ4n) is 1.82. The Morgan fingerprint density at radius 2 is 2.24 bits per heavy atom. The van der Waals surface area contributed by atoms with Crippen molar-refractivity contribution in [2.45, 2.75) is 65.1 Å². The van der Waals surface area contributed by atoms with Gasteiger partial charge in [0.2, 0.25) is 0 Å². The Morgan fingerprint density at radius 3 is 2.81 bits per heavy atom. The highest BCUT2D eigenvalue weighted by molar-refractivity contribution is 7.07. The zero-order valence-corrected chi connectivity index (χ0v) is 14.3. The standard InChI is InChI=1S/C15H27N3O2S/c1-5-6-7-12(16-9-13-10-21-11-18-13)8-17-14(19)20-15(2,3)4/h10-12,16H,5-9H2,1-4H3,(H,17,19). The fraction of sp³-hybridized carbons (Fsp3) is 0.733. The number of thiazole rings is 1. The number of carbonyl (C=O) groups is 1. The van der Waals surface area contributed by atoms with E-state index in [1.165, 1.54) is 0 Å². The molecule has 0 saturated carbocycles. The van der Waals surface area contributed by atoms with E-state index in [4.69, 9.17) is 4.74 Å². The van der Waals surface area contributed by atoms with Gasteiger partial charge in [0.1, 0.15) is 5.60 Å². The highest BCUT2D eigenvalue weighted by Gasteiger charge is 2.17. The minimum atomic E-state index is -0.461. The molecule has 0 fully saturated rings. The lowest BCUT2D eigenvalue weighted by Gasteiger charge is -2.22. The van der Waals surface area contributed by atoms with E-state index in [2.05, 4.69) is 22.5 Å². The van der Waals surface area contributed by atoms with E-state index in [-0.39, 0.29) is 12.1 Å². The smallest absolute Gasteiger partial charge is 0.407 e. The summed E-state index contributed by atoms with van der Waals surface area (Å²) in [6.07, 6.45) is 2.93. The number of carbonyl (C=O) groups excluding carboxylic acids is 1. The number of nitrogens with one attached hydrogen (secondary N) is 2. The summed E-state index contributed by atoms with van der Waals surface area (Å²) in [6.45, 7) is 9.05. The molecule has 1 aromatic rings. The zero-order valence-electron chi connectivity index (χ0n) is 13.4. The Balaban J connectivity index is 2.36. The lowest BCUT2D eigenvalue weighted by atomic mass is 10.1. The van der Waals surface area contributed by atoms with Crippen molar-refractivity contribution in [3.63, 3.8) is 0 Å². The van der Waals surface area contributed by atoms with Gasteiger partial charge in [-0.05, 0) is 27.2 Å². The number of hydrogen-bond acceptors (Lipinski definition) is 5. The van der Waals surface area contributed by atoms with Crippen LogP contribution in [0, 0.1) is 0 Å². The first-order chi connectivity index (χ1) is 9.90. The van der Waals surface area contributed by atoms with Gasteiger partial charge >= 0.3 is 6.09 Å². The molecule has 0 aliphatic carbocycles. The summed E-state index contributed by atoms with van der Waals surface area (Å²) in [7, 11) is 0. The van der Waals surface area contributed by atoms with Crippen molar-refractivity contribution in [1.82, 2.24) is 15.6 Å². The van der Waals surface area contributed by atoms with Crippen molar-refractivity contribution in [2.75, 3.05) is 6.54 Å². The van der Waals surface area contributed by atoms with E-state index in [1.807, 2.05) is 31.7 Å². The van der Waals surface area contributed by atoms with Gasteiger partial charge in [-0.1, -0.05) is 19.8 Å². The van der Waals surface area contributed by atoms with Crippen LogP contribution in [0.2, 0.25) is 0 Å². The molecule has 5 nitrogen and oxygen atoms in total. The monoisotopic (exact) mass is 313 g/mol. The minimum absolute atomic E-state index is 0.235. The third kappa shape index (κ3) is 8.67. The number of hydrogen-bond donors (Lipinski definition) is 2. The van der Waals surface area contributed by atoms with E-state index in [9.17, 15) is 4.79 Å². The van der Waals surface area contributed by atoms with Gasteiger partial charge in [-0.25, -0.2) is 9.78 Å². The SMILES string of the molecule is CCCCC(CNC(=O)OC(C)(C)C)NCc1cscn1. The van der Waals surface area contributed by atoms with Crippen molar-refractivity contribution in [2.24, 2.45) is 0 Å². The van der Waals surface area contributed by atoms with Crippen LogP contribution in [0.4, 0.5) is 4.79 Å². The summed E-state index contributed by atoms with van der Waals surface area (Å²) < 4.78 is 5.25. The van der Waals surface area contributed by atoms with Gasteiger partial charge < -0.3 is 15.4 Å². The molecule has 120 valence electrons. The molecule has 0 aromatic carbocycles. The molecule has 1 atom stereocenters. The summed E-state index contributed by atoms with van der Waals surface area (Å²) in [6, 6.07) is 0.235. The molecular formula is C15H27N3O2S. The lowest BCUT2D eigenvalue weighted by Crippen LogP contribution is -2.42. The third-order valence-electron chi connectivity index (χ3n) is 2.85. The maximum absolute atomic E-state index is 11.7. The number of unbranched alkanes of at least 4 members (excludes halogenated alkanes) is 1. The predicted octanol–water partition coefficient (Wildman–Crippen LogP) is 3.32. The van der Waals surface area contributed by atoms with E-state index in [0.29, 0.717) is 6.54 Å². The summed E-state index contributed by atoms with van der Waals surface area (Å²) in [5.74, 6) is 0. The third-order valence-corrected chi connectivity index (χ3v) is 3.49. The average molecular weight is 313 g/mol. The molecular weight excluding hydrogens is 286 g/mol. The van der Waals surface area contributed by atoms with Crippen molar-refractivity contribution < 1.29 is 9.53 Å². The van der Waals surface area contributed by atoms with Gasteiger partial charge in [-0.2, -0.15) is 0 Å². The highest BCUT2D eigenvalue weighted by atomic mass is 32.1. The van der Waals surface area contributed by atoms with Crippen LogP contribution >= 0.6 is 11.3 Å². The van der Waals surface area contributed by atoms with Gasteiger partial charge in [0, 0.05) is 24.5 Å². The second kappa shape index (κ2) is 9.00. The number of nitrogens with zero attached hydrogens (tertiary/aromatic N) is 1. The first-order valence-electron chi connectivity index (χ1n) is 7.48. The normalized spacial score (nSPS) is 13.0. The number of ether oxygens (including phenoxy) is 1. The summed E-state index contributed by atoms with van der Waals surface area (Å²) in [5, 5.41) is 8.32. The predicted molar refractivity (Wildman–Crippen MR) is 86.5 cm³/mol. The number of aromatic nitrogens is 1. The summed E-state index contributed by atoms with van der Waals surface area (Å²) in [4.78, 5) is 16.0. The van der Waals surface area contributed by atoms with Gasteiger partial charge in [-0.3, -0.25) is 0 Å². The molecule has 0 saturated heterocycles. The topological polar surface area (TPSA) is 63.2 Å². The molecule has 0 radical (unpaired) electrons. The van der Waals surface area contributed by atoms with Crippen LogP contribution in [0.1, 0.15) is 52.7 Å². The maximum Gasteiger partial charge on any atom is 0.407 e. The minimum Gasteiger partial charge on any atom is -0.444 e. The molecule has 21 heavy (non-hydrogen) atoms. The van der Waals surface area contributed by atoms with Crippen LogP contribution < -0.4 is 10.6 Å². The van der Waals surface area contributed by atoms with Gasteiger partial charge in [-0.15, -0.1) is 11.3 Å². The first-order valence-corrected chi connectivity index (χ1v) is 8.42. The van der Waals surface area contributed by atoms with E-state index < -0.39 is 5.60 Å². The summed E-state index contributed by atoms with van der Waals surface area (Å²) in [5.41, 5.74) is 2.41. The van der Waals surface area contributed by atoms with E-state index in [1.54, 1.807) is 11.3 Å². The molecule has 0 spiro atoms. The second-order valence-corrected chi connectivity index (χ2v) is 6.80. The van der Waals surface area contributed by atoms with Crippen LogP contribution in [0.5, 0.6) is 0 Å². The number of alkyl carbamates (subject to hydrolysis) is 1. The number of amides is 1. The molecule has 0 bridgehead atoms. The van der Waals surface area contributed by atoms with Gasteiger partial charge in [0.15, 0.2) is 0 Å². The molecule has 0 aliphatic heterocycles. The Morgan fingerprint density at radius 1 is 1.48 bits per heavy atom. The Hall–Kier alpha value is -1.14. The van der Waals surface area contributed by atoms with Crippen LogP contribution in [0.15, 0.2) is 10.9 Å². The van der Waals surface area contributed by atoms with Crippen LogP contribution in [-0.2, 0) is 11.3 Å². The molecule has 1 rings (SSSR count). The Kier molecular flexibility index (Phi) is 7.67. The Labute approximate surface area is 131 Å². The quantitative estimate of drug-likeness (QED) is 0.773. The van der Waals surface area contributed by atoms with Crippen molar-refractivity contribution >= 4 is 17.4 Å². The summed E-state index contributed by atoms with van der Waals surface area (Å²) >= 11 is 1.59. The van der Waals surface area contributed by atoms with Crippen LogP contribution in [0.25, 0.3) is 0 Å².